The number of carboxylic acids is 1. The Morgan fingerprint density at radius 2 is 1.51 bits per heavy atom. The normalized spacial score (nSPS) is 14.4. The highest BCUT2D eigenvalue weighted by Gasteiger charge is 2.29. The van der Waals surface area contributed by atoms with Gasteiger partial charge < -0.3 is 20.5 Å². The maximum absolute atomic E-state index is 12.3. The van der Waals surface area contributed by atoms with Crippen LogP contribution in [0.15, 0.2) is 48.5 Å². The van der Waals surface area contributed by atoms with Crippen molar-refractivity contribution in [2.24, 2.45) is 17.3 Å². The molecule has 2 unspecified atom stereocenters. The zero-order chi connectivity index (χ0) is 25.6. The number of ether oxygens (including phenoxy) is 1. The molecule has 2 aromatic carbocycles. The van der Waals surface area contributed by atoms with Crippen LogP contribution in [0.1, 0.15) is 57.6 Å². The van der Waals surface area contributed by atoms with E-state index in [-0.39, 0.29) is 49.3 Å². The van der Waals surface area contributed by atoms with Crippen LogP contribution >= 0.6 is 0 Å². The van der Waals surface area contributed by atoms with Gasteiger partial charge in [-0.15, -0.1) is 0 Å². The van der Waals surface area contributed by atoms with Gasteiger partial charge in [-0.1, -0.05) is 76.2 Å². The molecule has 7 heteroatoms. The van der Waals surface area contributed by atoms with Crippen LogP contribution in [0.5, 0.6) is 0 Å². The molecular weight excluding hydrogens is 444 g/mol. The molecule has 0 bridgehead atoms. The monoisotopic (exact) mass is 480 g/mol. The van der Waals surface area contributed by atoms with Crippen LogP contribution in [0, 0.1) is 17.3 Å². The van der Waals surface area contributed by atoms with Crippen molar-refractivity contribution in [2.75, 3.05) is 19.7 Å². The van der Waals surface area contributed by atoms with Crippen LogP contribution in [0.3, 0.4) is 0 Å². The fraction of sp³-hybridized carbons (Fsp3) is 0.464. The fourth-order valence-corrected chi connectivity index (χ4v) is 4.59. The summed E-state index contributed by atoms with van der Waals surface area (Å²) in [5.74, 6) is -1.90. The van der Waals surface area contributed by atoms with Crippen LogP contribution in [-0.2, 0) is 14.3 Å². The molecule has 0 radical (unpaired) electrons. The number of carbonyl (C=O) groups is 3. The molecule has 3 N–H and O–H groups in total. The minimum atomic E-state index is -0.912. The topological polar surface area (TPSA) is 105 Å². The fourth-order valence-electron chi connectivity index (χ4n) is 4.59. The maximum Gasteiger partial charge on any atom is 0.407 e. The minimum absolute atomic E-state index is 0.00775. The number of carboxylic acid groups (broad SMARTS) is 1. The van der Waals surface area contributed by atoms with Gasteiger partial charge in [0.25, 0.3) is 0 Å². The van der Waals surface area contributed by atoms with Gasteiger partial charge >= 0.3 is 12.1 Å². The Morgan fingerprint density at radius 1 is 0.943 bits per heavy atom. The van der Waals surface area contributed by atoms with Gasteiger partial charge in [-0.05, 0) is 40.0 Å². The number of amides is 2. The Labute approximate surface area is 207 Å². The van der Waals surface area contributed by atoms with Gasteiger partial charge in [-0.25, -0.2) is 4.79 Å². The van der Waals surface area contributed by atoms with Crippen molar-refractivity contribution in [1.82, 2.24) is 10.6 Å². The molecular formula is C28H36N2O5. The number of hydrogen-bond acceptors (Lipinski definition) is 4. The molecule has 2 aromatic rings. The number of benzene rings is 2. The number of alkyl carbamates (subject to hydrolysis) is 1. The van der Waals surface area contributed by atoms with Gasteiger partial charge in [-0.2, -0.15) is 0 Å². The zero-order valence-corrected chi connectivity index (χ0v) is 21.0. The highest BCUT2D eigenvalue weighted by molar-refractivity contribution is 5.79. The van der Waals surface area contributed by atoms with Crippen LogP contribution in [-0.4, -0.2) is 42.8 Å². The van der Waals surface area contributed by atoms with E-state index in [0.717, 1.165) is 11.1 Å². The van der Waals surface area contributed by atoms with Gasteiger partial charge in [-0.3, -0.25) is 9.59 Å². The Hall–Kier alpha value is -3.35. The van der Waals surface area contributed by atoms with Crippen molar-refractivity contribution in [3.05, 3.63) is 59.7 Å². The van der Waals surface area contributed by atoms with Crippen molar-refractivity contribution in [3.63, 3.8) is 0 Å². The number of hydrogen-bond donors (Lipinski definition) is 3. The number of fused-ring (bicyclic) bond motifs is 3. The Balaban J connectivity index is 1.42. The van der Waals surface area contributed by atoms with Gasteiger partial charge in [0.1, 0.15) is 6.61 Å². The molecule has 3 rings (SSSR count). The first-order valence-electron chi connectivity index (χ1n) is 12.1. The molecule has 2 amide bonds. The predicted octanol–water partition coefficient (Wildman–Crippen LogP) is 4.80. The molecule has 0 saturated carbocycles. The molecule has 35 heavy (non-hydrogen) atoms. The molecule has 188 valence electrons. The lowest BCUT2D eigenvalue weighted by Crippen LogP contribution is -2.37. The van der Waals surface area contributed by atoms with Crippen molar-refractivity contribution < 1.29 is 24.2 Å². The second-order valence-electron chi connectivity index (χ2n) is 10.6. The first-order chi connectivity index (χ1) is 16.5. The van der Waals surface area contributed by atoms with Gasteiger partial charge in [0.15, 0.2) is 0 Å². The van der Waals surface area contributed by atoms with E-state index in [0.29, 0.717) is 6.42 Å². The highest BCUT2D eigenvalue weighted by atomic mass is 16.5. The average Bonchev–Trinajstić information content (AvgIpc) is 3.12. The number of aliphatic carboxylic acids is 1. The molecule has 1 aliphatic carbocycles. The minimum Gasteiger partial charge on any atom is -0.481 e. The summed E-state index contributed by atoms with van der Waals surface area (Å²) >= 11 is 0. The summed E-state index contributed by atoms with van der Waals surface area (Å²) < 4.78 is 5.53. The third kappa shape index (κ3) is 7.31. The summed E-state index contributed by atoms with van der Waals surface area (Å²) in [6.07, 6.45) is 0.141. The summed E-state index contributed by atoms with van der Waals surface area (Å²) in [7, 11) is 0. The van der Waals surface area contributed by atoms with E-state index < -0.39 is 18.0 Å². The van der Waals surface area contributed by atoms with Gasteiger partial charge in [0, 0.05) is 25.4 Å². The average molecular weight is 481 g/mol. The first-order valence-corrected chi connectivity index (χ1v) is 12.1. The van der Waals surface area contributed by atoms with Crippen molar-refractivity contribution in [2.45, 2.75) is 46.5 Å². The standard InChI is InChI=1S/C28H36N2O5/c1-18(13-25(31)29-16-19(26(32)33)14-28(2,3)4)15-30-27(34)35-17-24-22-11-7-5-9-20(22)21-10-6-8-12-23(21)24/h5-12,18-19,24H,13-17H2,1-4H3,(H,29,31)(H,30,34)(H,32,33). The molecule has 0 spiro atoms. The van der Waals surface area contributed by atoms with E-state index in [9.17, 15) is 19.5 Å². The lowest BCUT2D eigenvalue weighted by molar-refractivity contribution is -0.142. The first kappa shape index (κ1) is 26.3. The lowest BCUT2D eigenvalue weighted by Gasteiger charge is -2.23. The summed E-state index contributed by atoms with van der Waals surface area (Å²) in [6.45, 7) is 8.39. The predicted molar refractivity (Wildman–Crippen MR) is 135 cm³/mol. The second kappa shape index (κ2) is 11.4. The molecule has 1 aliphatic rings. The van der Waals surface area contributed by atoms with Crippen LogP contribution in [0.25, 0.3) is 11.1 Å². The smallest absolute Gasteiger partial charge is 0.407 e. The van der Waals surface area contributed by atoms with Gasteiger partial charge in [0.2, 0.25) is 5.91 Å². The summed E-state index contributed by atoms with van der Waals surface area (Å²) in [4.78, 5) is 36.1. The Kier molecular flexibility index (Phi) is 8.54. The summed E-state index contributed by atoms with van der Waals surface area (Å²) in [5, 5.41) is 14.9. The molecule has 0 heterocycles. The summed E-state index contributed by atoms with van der Waals surface area (Å²) in [6, 6.07) is 16.3. The number of nitrogens with one attached hydrogen (secondary N) is 2. The second-order valence-corrected chi connectivity index (χ2v) is 10.6. The van der Waals surface area contributed by atoms with Crippen molar-refractivity contribution >= 4 is 18.0 Å². The van der Waals surface area contributed by atoms with Crippen molar-refractivity contribution in [1.29, 1.82) is 0 Å². The van der Waals surface area contributed by atoms with E-state index in [2.05, 4.69) is 34.9 Å². The highest BCUT2D eigenvalue weighted by Crippen LogP contribution is 2.44. The Morgan fingerprint density at radius 3 is 2.06 bits per heavy atom. The zero-order valence-electron chi connectivity index (χ0n) is 21.0. The molecule has 0 aliphatic heterocycles. The molecule has 0 saturated heterocycles. The summed E-state index contributed by atoms with van der Waals surface area (Å²) in [5.41, 5.74) is 4.50. The van der Waals surface area contributed by atoms with Crippen molar-refractivity contribution in [3.8, 4) is 11.1 Å². The van der Waals surface area contributed by atoms with E-state index in [1.807, 2.05) is 52.0 Å². The van der Waals surface area contributed by atoms with E-state index in [1.54, 1.807) is 0 Å². The molecule has 7 nitrogen and oxygen atoms in total. The third-order valence-electron chi connectivity index (χ3n) is 6.23. The van der Waals surface area contributed by atoms with Gasteiger partial charge in [0.05, 0.1) is 5.92 Å². The van der Waals surface area contributed by atoms with E-state index >= 15 is 0 Å². The number of rotatable bonds is 10. The van der Waals surface area contributed by atoms with Crippen LogP contribution in [0.4, 0.5) is 4.79 Å². The third-order valence-corrected chi connectivity index (χ3v) is 6.23. The quantitative estimate of drug-likeness (QED) is 0.453. The SMILES string of the molecule is CC(CNC(=O)OCC1c2ccccc2-c2ccccc21)CC(=O)NCC(CC(C)(C)C)C(=O)O. The molecule has 2 atom stereocenters. The maximum atomic E-state index is 12.3. The largest absolute Gasteiger partial charge is 0.481 e. The molecule has 0 aromatic heterocycles. The lowest BCUT2D eigenvalue weighted by atomic mass is 9.84. The van der Waals surface area contributed by atoms with Crippen LogP contribution < -0.4 is 10.6 Å². The van der Waals surface area contributed by atoms with E-state index in [4.69, 9.17) is 4.74 Å². The molecule has 0 fully saturated rings. The Bertz CT molecular complexity index is 1010. The van der Waals surface area contributed by atoms with Crippen LogP contribution in [0.2, 0.25) is 0 Å². The van der Waals surface area contributed by atoms with E-state index in [1.165, 1.54) is 11.1 Å². The number of carbonyl (C=O) groups excluding carboxylic acids is 2.